The number of imidazole rings is 1. The number of aliphatic hydroxyl groups is 1. The summed E-state index contributed by atoms with van der Waals surface area (Å²) in [4.78, 5) is 22.0. The molecule has 2 N–H and O–H groups in total. The number of carbonyl (C=O) groups excluding carboxylic acids is 1. The fourth-order valence-electron chi connectivity index (χ4n) is 3.44. The van der Waals surface area contributed by atoms with E-state index < -0.39 is 6.10 Å². The van der Waals surface area contributed by atoms with Gasteiger partial charge in [0.1, 0.15) is 11.9 Å². The van der Waals surface area contributed by atoms with Crippen LogP contribution in [0.2, 0.25) is 0 Å². The minimum atomic E-state index is -0.687. The molecule has 3 aromatic rings. The zero-order chi connectivity index (χ0) is 16.5. The Morgan fingerprint density at radius 1 is 1.46 bits per heavy atom. The van der Waals surface area contributed by atoms with Crippen LogP contribution < -0.4 is 0 Å². The second kappa shape index (κ2) is 6.13. The summed E-state index contributed by atoms with van der Waals surface area (Å²) in [5, 5.41) is 10.3. The van der Waals surface area contributed by atoms with Gasteiger partial charge in [0.2, 0.25) is 0 Å². The molecule has 0 spiro atoms. The van der Waals surface area contributed by atoms with Gasteiger partial charge in [-0.25, -0.2) is 4.98 Å². The molecule has 1 amide bonds. The van der Waals surface area contributed by atoms with Crippen LogP contribution >= 0.6 is 0 Å². The second-order valence-electron chi connectivity index (χ2n) is 6.20. The lowest BCUT2D eigenvalue weighted by Gasteiger charge is -2.26. The van der Waals surface area contributed by atoms with E-state index in [1.54, 1.807) is 24.7 Å². The number of aromatic amines is 1. The molecule has 0 saturated carbocycles. The Labute approximate surface area is 139 Å². The van der Waals surface area contributed by atoms with Crippen LogP contribution in [-0.4, -0.2) is 38.5 Å². The van der Waals surface area contributed by atoms with Crippen molar-refractivity contribution in [2.24, 2.45) is 0 Å². The van der Waals surface area contributed by atoms with Crippen LogP contribution in [0.25, 0.3) is 11.0 Å². The molecule has 24 heavy (non-hydrogen) atoms. The number of fused-ring (bicyclic) bond motifs is 1. The lowest BCUT2D eigenvalue weighted by atomic mass is 10.0. The molecule has 1 aromatic carbocycles. The van der Waals surface area contributed by atoms with Crippen molar-refractivity contribution in [2.75, 3.05) is 6.54 Å². The third-order valence-corrected chi connectivity index (χ3v) is 4.67. The Morgan fingerprint density at radius 2 is 2.38 bits per heavy atom. The number of aromatic nitrogens is 2. The first-order valence-electron chi connectivity index (χ1n) is 8.18. The van der Waals surface area contributed by atoms with Crippen molar-refractivity contribution in [2.45, 2.75) is 31.4 Å². The second-order valence-corrected chi connectivity index (χ2v) is 6.20. The molecule has 0 bridgehead atoms. The van der Waals surface area contributed by atoms with Gasteiger partial charge in [0, 0.05) is 24.6 Å². The smallest absolute Gasteiger partial charge is 0.254 e. The van der Waals surface area contributed by atoms with E-state index in [-0.39, 0.29) is 11.9 Å². The number of amides is 1. The maximum Gasteiger partial charge on any atom is 0.254 e. The van der Waals surface area contributed by atoms with Crippen LogP contribution in [-0.2, 0) is 0 Å². The SMILES string of the molecule is O=C(c1ccc2nc[nH]c2c1)N1CCCC1CC(O)c1ccco1. The quantitative estimate of drug-likeness (QED) is 0.773. The molecule has 4 rings (SSSR count). The van der Waals surface area contributed by atoms with Gasteiger partial charge in [0.15, 0.2) is 0 Å². The largest absolute Gasteiger partial charge is 0.467 e. The Kier molecular flexibility index (Phi) is 3.82. The van der Waals surface area contributed by atoms with Crippen LogP contribution in [0.5, 0.6) is 0 Å². The maximum absolute atomic E-state index is 12.9. The van der Waals surface area contributed by atoms with Gasteiger partial charge < -0.3 is 19.4 Å². The minimum Gasteiger partial charge on any atom is -0.467 e. The van der Waals surface area contributed by atoms with Gasteiger partial charge in [-0.3, -0.25) is 4.79 Å². The molecule has 0 aliphatic carbocycles. The van der Waals surface area contributed by atoms with Crippen LogP contribution in [0.3, 0.4) is 0 Å². The third-order valence-electron chi connectivity index (χ3n) is 4.67. The molecule has 2 unspecified atom stereocenters. The predicted octanol–water partition coefficient (Wildman–Crippen LogP) is 2.88. The average Bonchev–Trinajstić information content (AvgIpc) is 3.34. The number of likely N-dealkylation sites (tertiary alicyclic amines) is 1. The Bertz CT molecular complexity index is 840. The number of nitrogens with one attached hydrogen (secondary N) is 1. The van der Waals surface area contributed by atoms with Gasteiger partial charge >= 0.3 is 0 Å². The Balaban J connectivity index is 1.52. The van der Waals surface area contributed by atoms with Crippen molar-refractivity contribution >= 4 is 16.9 Å². The number of rotatable bonds is 4. The van der Waals surface area contributed by atoms with E-state index in [1.165, 1.54) is 0 Å². The molecule has 1 saturated heterocycles. The van der Waals surface area contributed by atoms with Gasteiger partial charge in [-0.15, -0.1) is 0 Å². The van der Waals surface area contributed by atoms with Gasteiger partial charge in [-0.1, -0.05) is 0 Å². The predicted molar refractivity (Wildman–Crippen MR) is 88.4 cm³/mol. The fraction of sp³-hybridized carbons (Fsp3) is 0.333. The van der Waals surface area contributed by atoms with E-state index in [0.717, 1.165) is 30.4 Å². The topological polar surface area (TPSA) is 82.4 Å². The monoisotopic (exact) mass is 325 g/mol. The number of hydrogen-bond acceptors (Lipinski definition) is 4. The van der Waals surface area contributed by atoms with Crippen LogP contribution in [0.4, 0.5) is 0 Å². The number of furan rings is 1. The molecule has 1 aliphatic rings. The first-order valence-corrected chi connectivity index (χ1v) is 8.18. The average molecular weight is 325 g/mol. The Hall–Kier alpha value is -2.60. The summed E-state index contributed by atoms with van der Waals surface area (Å²) in [6.45, 7) is 0.718. The summed E-state index contributed by atoms with van der Waals surface area (Å²) in [6.07, 6.45) is 4.83. The van der Waals surface area contributed by atoms with Crippen LogP contribution in [0.15, 0.2) is 47.3 Å². The van der Waals surface area contributed by atoms with Crippen molar-refractivity contribution in [3.8, 4) is 0 Å². The van der Waals surface area contributed by atoms with E-state index in [4.69, 9.17) is 4.42 Å². The van der Waals surface area contributed by atoms with Gasteiger partial charge in [-0.05, 0) is 43.2 Å². The molecule has 1 fully saturated rings. The summed E-state index contributed by atoms with van der Waals surface area (Å²) in [6, 6.07) is 9.04. The molecular weight excluding hydrogens is 306 g/mol. The summed E-state index contributed by atoms with van der Waals surface area (Å²) in [5.41, 5.74) is 2.34. The van der Waals surface area contributed by atoms with E-state index in [1.807, 2.05) is 23.1 Å². The van der Waals surface area contributed by atoms with Crippen molar-refractivity contribution in [1.29, 1.82) is 0 Å². The highest BCUT2D eigenvalue weighted by molar-refractivity contribution is 5.97. The minimum absolute atomic E-state index is 0.000597. The van der Waals surface area contributed by atoms with Crippen molar-refractivity contribution in [3.63, 3.8) is 0 Å². The number of H-pyrrole nitrogens is 1. The van der Waals surface area contributed by atoms with Crippen molar-refractivity contribution in [1.82, 2.24) is 14.9 Å². The first-order chi connectivity index (χ1) is 11.7. The highest BCUT2D eigenvalue weighted by Crippen LogP contribution is 2.29. The van der Waals surface area contributed by atoms with Gasteiger partial charge in [0.05, 0.1) is 23.6 Å². The van der Waals surface area contributed by atoms with Crippen molar-refractivity contribution in [3.05, 3.63) is 54.2 Å². The first kappa shape index (κ1) is 15.0. The summed E-state index contributed by atoms with van der Waals surface area (Å²) in [5.74, 6) is 0.550. The van der Waals surface area contributed by atoms with E-state index in [0.29, 0.717) is 17.7 Å². The van der Waals surface area contributed by atoms with Crippen LogP contribution in [0.1, 0.15) is 41.5 Å². The fourth-order valence-corrected chi connectivity index (χ4v) is 3.44. The highest BCUT2D eigenvalue weighted by Gasteiger charge is 2.31. The molecular formula is C18H19N3O3. The summed E-state index contributed by atoms with van der Waals surface area (Å²) >= 11 is 0. The molecule has 2 aromatic heterocycles. The molecule has 6 nitrogen and oxygen atoms in total. The number of benzene rings is 1. The van der Waals surface area contributed by atoms with E-state index in [2.05, 4.69) is 9.97 Å². The molecule has 2 atom stereocenters. The standard InChI is InChI=1S/C18H19N3O3/c22-16(17-4-2-8-24-17)10-13-3-1-7-21(13)18(23)12-5-6-14-15(9-12)20-11-19-14/h2,4-6,8-9,11,13,16,22H,1,3,7,10H2,(H,19,20). The number of carbonyl (C=O) groups is 1. The number of nitrogens with zero attached hydrogens (tertiary/aromatic N) is 2. The molecule has 3 heterocycles. The maximum atomic E-state index is 12.9. The highest BCUT2D eigenvalue weighted by atomic mass is 16.4. The van der Waals surface area contributed by atoms with Gasteiger partial charge in [-0.2, -0.15) is 0 Å². The van der Waals surface area contributed by atoms with E-state index in [9.17, 15) is 9.90 Å². The molecule has 124 valence electrons. The third kappa shape index (κ3) is 2.69. The zero-order valence-corrected chi connectivity index (χ0v) is 13.2. The summed E-state index contributed by atoms with van der Waals surface area (Å²) < 4.78 is 5.26. The van der Waals surface area contributed by atoms with Crippen molar-refractivity contribution < 1.29 is 14.3 Å². The summed E-state index contributed by atoms with van der Waals surface area (Å²) in [7, 11) is 0. The normalized spacial score (nSPS) is 19.0. The van der Waals surface area contributed by atoms with Gasteiger partial charge in [0.25, 0.3) is 5.91 Å². The molecule has 6 heteroatoms. The molecule has 1 aliphatic heterocycles. The van der Waals surface area contributed by atoms with Crippen LogP contribution in [0, 0.1) is 0 Å². The number of hydrogen-bond donors (Lipinski definition) is 2. The Morgan fingerprint density at radius 3 is 3.21 bits per heavy atom. The lowest BCUT2D eigenvalue weighted by Crippen LogP contribution is -2.36. The zero-order valence-electron chi connectivity index (χ0n) is 13.2. The lowest BCUT2D eigenvalue weighted by molar-refractivity contribution is 0.0641. The number of aliphatic hydroxyl groups excluding tert-OH is 1. The van der Waals surface area contributed by atoms with E-state index >= 15 is 0 Å². The molecule has 0 radical (unpaired) electrons.